The van der Waals surface area contributed by atoms with E-state index in [-0.39, 0.29) is 11.7 Å². The van der Waals surface area contributed by atoms with Crippen molar-refractivity contribution in [2.45, 2.75) is 13.3 Å². The number of anilines is 1. The van der Waals surface area contributed by atoms with Gasteiger partial charge in [-0.2, -0.15) is 12.6 Å². The third-order valence-corrected chi connectivity index (χ3v) is 2.31. The van der Waals surface area contributed by atoms with Crippen molar-refractivity contribution in [3.63, 3.8) is 0 Å². The standard InChI is InChI=1S/C11H14FNOS/c1-2-13(11(14)7-8-15)10-6-4-3-5-9(10)12/h3-6,15H,2,7-8H2,1H3. The van der Waals surface area contributed by atoms with Crippen molar-refractivity contribution in [1.82, 2.24) is 0 Å². The fourth-order valence-electron chi connectivity index (χ4n) is 1.38. The zero-order valence-corrected chi connectivity index (χ0v) is 9.51. The first-order valence-electron chi connectivity index (χ1n) is 4.86. The zero-order valence-electron chi connectivity index (χ0n) is 8.61. The van der Waals surface area contributed by atoms with E-state index in [0.717, 1.165) is 0 Å². The molecule has 0 N–H and O–H groups in total. The van der Waals surface area contributed by atoms with Gasteiger partial charge in [0.15, 0.2) is 0 Å². The Bertz CT molecular complexity index is 343. The number of carbonyl (C=O) groups excluding carboxylic acids is 1. The summed E-state index contributed by atoms with van der Waals surface area (Å²) in [4.78, 5) is 13.1. The number of benzene rings is 1. The average molecular weight is 227 g/mol. The highest BCUT2D eigenvalue weighted by atomic mass is 32.1. The summed E-state index contributed by atoms with van der Waals surface area (Å²) >= 11 is 3.99. The van der Waals surface area contributed by atoms with Gasteiger partial charge in [0.2, 0.25) is 5.91 Å². The molecular weight excluding hydrogens is 213 g/mol. The van der Waals surface area contributed by atoms with Crippen LogP contribution in [0.5, 0.6) is 0 Å². The molecule has 1 amide bonds. The van der Waals surface area contributed by atoms with Crippen LogP contribution in [0.4, 0.5) is 10.1 Å². The Morgan fingerprint density at radius 3 is 2.67 bits per heavy atom. The van der Waals surface area contributed by atoms with Gasteiger partial charge in [0.1, 0.15) is 5.82 Å². The lowest BCUT2D eigenvalue weighted by atomic mass is 10.2. The molecule has 82 valence electrons. The fraction of sp³-hybridized carbons (Fsp3) is 0.364. The molecule has 0 saturated carbocycles. The molecule has 0 fully saturated rings. The molecule has 0 aliphatic heterocycles. The maximum atomic E-state index is 13.4. The SMILES string of the molecule is CCN(C(=O)CCS)c1ccccc1F. The van der Waals surface area contributed by atoms with Crippen LogP contribution in [-0.2, 0) is 4.79 Å². The van der Waals surface area contributed by atoms with Crippen molar-refractivity contribution in [3.8, 4) is 0 Å². The van der Waals surface area contributed by atoms with Gasteiger partial charge in [0.05, 0.1) is 5.69 Å². The molecule has 0 aliphatic rings. The van der Waals surface area contributed by atoms with E-state index in [9.17, 15) is 9.18 Å². The Morgan fingerprint density at radius 2 is 2.13 bits per heavy atom. The summed E-state index contributed by atoms with van der Waals surface area (Å²) in [5, 5.41) is 0. The van der Waals surface area contributed by atoms with Gasteiger partial charge >= 0.3 is 0 Å². The van der Waals surface area contributed by atoms with E-state index in [0.29, 0.717) is 24.4 Å². The smallest absolute Gasteiger partial charge is 0.227 e. The maximum Gasteiger partial charge on any atom is 0.227 e. The van der Waals surface area contributed by atoms with Crippen LogP contribution in [0.15, 0.2) is 24.3 Å². The van der Waals surface area contributed by atoms with E-state index < -0.39 is 0 Å². The highest BCUT2D eigenvalue weighted by molar-refractivity contribution is 7.80. The molecule has 1 aromatic carbocycles. The summed E-state index contributed by atoms with van der Waals surface area (Å²) in [6, 6.07) is 6.28. The van der Waals surface area contributed by atoms with E-state index in [2.05, 4.69) is 12.6 Å². The molecule has 0 radical (unpaired) electrons. The minimum Gasteiger partial charge on any atom is -0.310 e. The van der Waals surface area contributed by atoms with Crippen molar-refractivity contribution in [2.75, 3.05) is 17.2 Å². The van der Waals surface area contributed by atoms with Gasteiger partial charge in [0, 0.05) is 13.0 Å². The summed E-state index contributed by atoms with van der Waals surface area (Å²) in [5.41, 5.74) is 0.340. The Balaban J connectivity index is 2.92. The van der Waals surface area contributed by atoms with Crippen LogP contribution >= 0.6 is 12.6 Å². The molecule has 0 atom stereocenters. The number of hydrogen-bond donors (Lipinski definition) is 1. The topological polar surface area (TPSA) is 20.3 Å². The van der Waals surface area contributed by atoms with E-state index in [1.807, 2.05) is 6.92 Å². The van der Waals surface area contributed by atoms with Gasteiger partial charge in [-0.25, -0.2) is 4.39 Å². The van der Waals surface area contributed by atoms with Gasteiger partial charge in [-0.05, 0) is 24.8 Å². The first-order chi connectivity index (χ1) is 7.20. The maximum absolute atomic E-state index is 13.4. The molecule has 0 aliphatic carbocycles. The summed E-state index contributed by atoms with van der Waals surface area (Å²) in [5.74, 6) is 0.00789. The second kappa shape index (κ2) is 5.75. The van der Waals surface area contributed by atoms with Crippen LogP contribution in [0.1, 0.15) is 13.3 Å². The number of para-hydroxylation sites is 1. The van der Waals surface area contributed by atoms with Crippen molar-refractivity contribution < 1.29 is 9.18 Å². The normalized spacial score (nSPS) is 10.1. The molecule has 0 saturated heterocycles. The monoisotopic (exact) mass is 227 g/mol. The molecule has 0 bridgehead atoms. The number of halogens is 1. The van der Waals surface area contributed by atoms with E-state index in [1.165, 1.54) is 11.0 Å². The fourth-order valence-corrected chi connectivity index (χ4v) is 1.57. The number of carbonyl (C=O) groups is 1. The lowest BCUT2D eigenvalue weighted by Gasteiger charge is -2.21. The molecule has 0 unspecified atom stereocenters. The quantitative estimate of drug-likeness (QED) is 0.784. The molecule has 0 heterocycles. The third-order valence-electron chi connectivity index (χ3n) is 2.09. The van der Waals surface area contributed by atoms with Crippen LogP contribution in [0.3, 0.4) is 0 Å². The molecule has 0 spiro atoms. The average Bonchev–Trinajstić information content (AvgIpc) is 2.22. The van der Waals surface area contributed by atoms with Crippen molar-refractivity contribution >= 4 is 24.2 Å². The summed E-state index contributed by atoms with van der Waals surface area (Å²) in [6.07, 6.45) is 0.325. The van der Waals surface area contributed by atoms with Gasteiger partial charge < -0.3 is 4.90 Å². The number of nitrogens with zero attached hydrogens (tertiary/aromatic N) is 1. The second-order valence-electron chi connectivity index (χ2n) is 3.06. The first kappa shape index (κ1) is 12.0. The third kappa shape index (κ3) is 2.96. The number of hydrogen-bond acceptors (Lipinski definition) is 2. The Labute approximate surface area is 94.5 Å². The number of rotatable bonds is 4. The van der Waals surface area contributed by atoms with Gasteiger partial charge in [-0.1, -0.05) is 12.1 Å². The predicted octanol–water partition coefficient (Wildman–Crippen LogP) is 2.50. The van der Waals surface area contributed by atoms with Gasteiger partial charge in [-0.3, -0.25) is 4.79 Å². The second-order valence-corrected chi connectivity index (χ2v) is 3.51. The Morgan fingerprint density at radius 1 is 1.47 bits per heavy atom. The van der Waals surface area contributed by atoms with Crippen LogP contribution < -0.4 is 4.90 Å². The van der Waals surface area contributed by atoms with Crippen LogP contribution in [-0.4, -0.2) is 18.2 Å². The molecular formula is C11H14FNOS. The lowest BCUT2D eigenvalue weighted by molar-refractivity contribution is -0.118. The zero-order chi connectivity index (χ0) is 11.3. The summed E-state index contributed by atoms with van der Waals surface area (Å²) in [7, 11) is 0. The highest BCUT2D eigenvalue weighted by Crippen LogP contribution is 2.19. The van der Waals surface area contributed by atoms with E-state index >= 15 is 0 Å². The number of amides is 1. The number of thiol groups is 1. The Hall–Kier alpha value is -1.03. The molecule has 4 heteroatoms. The molecule has 15 heavy (non-hydrogen) atoms. The molecule has 1 aromatic rings. The minimum absolute atomic E-state index is 0.0994. The largest absolute Gasteiger partial charge is 0.310 e. The lowest BCUT2D eigenvalue weighted by Crippen LogP contribution is -2.31. The Kier molecular flexibility index (Phi) is 4.62. The molecule has 2 nitrogen and oxygen atoms in total. The van der Waals surface area contributed by atoms with Crippen LogP contribution in [0.25, 0.3) is 0 Å². The summed E-state index contributed by atoms with van der Waals surface area (Å²) in [6.45, 7) is 2.29. The van der Waals surface area contributed by atoms with Crippen molar-refractivity contribution in [1.29, 1.82) is 0 Å². The molecule has 0 aromatic heterocycles. The van der Waals surface area contributed by atoms with Crippen molar-refractivity contribution in [2.24, 2.45) is 0 Å². The van der Waals surface area contributed by atoms with E-state index in [1.54, 1.807) is 18.2 Å². The van der Waals surface area contributed by atoms with Gasteiger partial charge in [0.25, 0.3) is 0 Å². The van der Waals surface area contributed by atoms with E-state index in [4.69, 9.17) is 0 Å². The molecule has 1 rings (SSSR count). The summed E-state index contributed by atoms with van der Waals surface area (Å²) < 4.78 is 13.4. The van der Waals surface area contributed by atoms with Gasteiger partial charge in [-0.15, -0.1) is 0 Å². The first-order valence-corrected chi connectivity index (χ1v) is 5.49. The predicted molar refractivity (Wildman–Crippen MR) is 62.9 cm³/mol. The van der Waals surface area contributed by atoms with Crippen LogP contribution in [0, 0.1) is 5.82 Å². The highest BCUT2D eigenvalue weighted by Gasteiger charge is 2.15. The van der Waals surface area contributed by atoms with Crippen molar-refractivity contribution in [3.05, 3.63) is 30.1 Å². The minimum atomic E-state index is -0.369. The van der Waals surface area contributed by atoms with Crippen LogP contribution in [0.2, 0.25) is 0 Å².